The average molecular weight is 414 g/mol. The fourth-order valence-corrected chi connectivity index (χ4v) is 3.35. The van der Waals surface area contributed by atoms with Gasteiger partial charge in [-0.3, -0.25) is 14.6 Å². The van der Waals surface area contributed by atoms with Gasteiger partial charge in [-0.05, 0) is 47.0 Å². The summed E-state index contributed by atoms with van der Waals surface area (Å²) < 4.78 is 1.84. The van der Waals surface area contributed by atoms with Gasteiger partial charge in [0.05, 0.1) is 18.8 Å². The summed E-state index contributed by atoms with van der Waals surface area (Å²) >= 11 is 0. The van der Waals surface area contributed by atoms with Crippen molar-refractivity contribution >= 4 is 5.96 Å². The molecule has 2 atom stereocenters. The van der Waals surface area contributed by atoms with E-state index in [4.69, 9.17) is 4.99 Å². The average Bonchev–Trinajstić information content (AvgIpc) is 3.14. The summed E-state index contributed by atoms with van der Waals surface area (Å²) in [5.41, 5.74) is 2.53. The summed E-state index contributed by atoms with van der Waals surface area (Å²) in [5.74, 6) is 0.867. The maximum absolute atomic E-state index is 4.83. The number of nitrogens with one attached hydrogen (secondary N) is 2. The van der Waals surface area contributed by atoms with Gasteiger partial charge in [0.1, 0.15) is 0 Å². The topological polar surface area (TPSA) is 60.7 Å². The third-order valence-electron chi connectivity index (χ3n) is 5.38. The van der Waals surface area contributed by atoms with Crippen LogP contribution >= 0.6 is 0 Å². The molecule has 1 aromatic heterocycles. The monoisotopic (exact) mass is 413 g/mol. The molecule has 166 valence electrons. The van der Waals surface area contributed by atoms with Gasteiger partial charge in [0.25, 0.3) is 0 Å². The maximum atomic E-state index is 4.83. The van der Waals surface area contributed by atoms with E-state index in [2.05, 4.69) is 97.1 Å². The molecule has 1 aromatic carbocycles. The molecule has 7 heteroatoms. The van der Waals surface area contributed by atoms with Gasteiger partial charge in [0, 0.05) is 44.5 Å². The molecule has 0 aliphatic heterocycles. The van der Waals surface area contributed by atoms with Crippen LogP contribution in [0.1, 0.15) is 37.4 Å². The molecular formula is C23H39N7. The summed E-state index contributed by atoms with van der Waals surface area (Å²) in [6.07, 6.45) is 5.03. The van der Waals surface area contributed by atoms with Crippen molar-refractivity contribution in [1.29, 1.82) is 0 Å². The summed E-state index contributed by atoms with van der Waals surface area (Å²) in [5, 5.41) is 11.2. The first-order valence-corrected chi connectivity index (χ1v) is 10.8. The normalized spacial score (nSPS) is 14.2. The smallest absolute Gasteiger partial charge is 0.191 e. The minimum Gasteiger partial charge on any atom is -0.357 e. The molecule has 0 radical (unpaired) electrons. The third-order valence-corrected chi connectivity index (χ3v) is 5.38. The molecule has 7 nitrogen and oxygen atoms in total. The first kappa shape index (κ1) is 23.9. The van der Waals surface area contributed by atoms with Gasteiger partial charge < -0.3 is 15.5 Å². The molecule has 0 fully saturated rings. The molecule has 30 heavy (non-hydrogen) atoms. The quantitative estimate of drug-likeness (QED) is 0.438. The van der Waals surface area contributed by atoms with Crippen molar-refractivity contribution in [3.63, 3.8) is 0 Å². The largest absolute Gasteiger partial charge is 0.357 e. The lowest BCUT2D eigenvalue weighted by molar-refractivity contribution is 0.238. The molecule has 2 rings (SSSR count). The van der Waals surface area contributed by atoms with Crippen LogP contribution in [0.5, 0.6) is 0 Å². The van der Waals surface area contributed by atoms with Crippen LogP contribution in [-0.4, -0.2) is 72.4 Å². The fraction of sp³-hybridized carbons (Fsp3) is 0.565. The van der Waals surface area contributed by atoms with E-state index in [0.29, 0.717) is 12.6 Å². The molecule has 0 bridgehead atoms. The van der Waals surface area contributed by atoms with Gasteiger partial charge in [-0.25, -0.2) is 0 Å². The van der Waals surface area contributed by atoms with E-state index in [1.54, 1.807) is 0 Å². The Labute approximate surface area is 182 Å². The number of aliphatic imine (C=N–C) groups is 1. The van der Waals surface area contributed by atoms with E-state index >= 15 is 0 Å². The van der Waals surface area contributed by atoms with Crippen molar-refractivity contribution in [3.05, 3.63) is 53.9 Å². The van der Waals surface area contributed by atoms with Gasteiger partial charge in [-0.2, -0.15) is 5.10 Å². The van der Waals surface area contributed by atoms with Crippen LogP contribution in [0, 0.1) is 0 Å². The number of hydrogen-bond donors (Lipinski definition) is 2. The third kappa shape index (κ3) is 7.80. The molecule has 2 unspecified atom stereocenters. The minimum absolute atomic E-state index is 0.199. The minimum atomic E-state index is 0.199. The zero-order valence-electron chi connectivity index (χ0n) is 19.5. The number of rotatable bonds is 11. The van der Waals surface area contributed by atoms with Crippen LogP contribution in [0.15, 0.2) is 47.7 Å². The Balaban J connectivity index is 1.86. The molecule has 0 amide bonds. The predicted molar refractivity (Wildman–Crippen MR) is 126 cm³/mol. The van der Waals surface area contributed by atoms with Crippen molar-refractivity contribution in [2.24, 2.45) is 12.0 Å². The molecule has 0 spiro atoms. The van der Waals surface area contributed by atoms with E-state index in [9.17, 15) is 0 Å². The Morgan fingerprint density at radius 2 is 1.90 bits per heavy atom. The van der Waals surface area contributed by atoms with Crippen molar-refractivity contribution in [2.45, 2.75) is 38.9 Å². The van der Waals surface area contributed by atoms with Gasteiger partial charge in [0.2, 0.25) is 0 Å². The van der Waals surface area contributed by atoms with Crippen LogP contribution in [0.3, 0.4) is 0 Å². The van der Waals surface area contributed by atoms with Gasteiger partial charge >= 0.3 is 0 Å². The molecule has 0 saturated heterocycles. The first-order valence-electron chi connectivity index (χ1n) is 10.8. The number of nitrogens with zero attached hydrogens (tertiary/aromatic N) is 5. The molecule has 0 aliphatic carbocycles. The lowest BCUT2D eigenvalue weighted by atomic mass is 10.1. The number of aryl methyl sites for hydroxylation is 1. The Morgan fingerprint density at radius 3 is 2.50 bits per heavy atom. The lowest BCUT2D eigenvalue weighted by Gasteiger charge is -2.25. The maximum Gasteiger partial charge on any atom is 0.191 e. The highest BCUT2D eigenvalue weighted by molar-refractivity contribution is 5.79. The number of likely N-dealkylation sites (N-methyl/N-ethyl adjacent to an activating group) is 1. The number of benzene rings is 1. The van der Waals surface area contributed by atoms with Crippen LogP contribution < -0.4 is 10.6 Å². The molecule has 0 aliphatic rings. The van der Waals surface area contributed by atoms with E-state index in [0.717, 1.165) is 32.0 Å². The summed E-state index contributed by atoms with van der Waals surface area (Å²) in [7, 11) is 8.29. The van der Waals surface area contributed by atoms with Gasteiger partial charge in [0.15, 0.2) is 5.96 Å². The van der Waals surface area contributed by atoms with E-state index < -0.39 is 0 Å². The predicted octanol–water partition coefficient (Wildman–Crippen LogP) is 2.49. The zero-order valence-corrected chi connectivity index (χ0v) is 19.5. The lowest BCUT2D eigenvalue weighted by Crippen LogP contribution is -2.40. The Morgan fingerprint density at radius 1 is 1.17 bits per heavy atom. The fourth-order valence-electron chi connectivity index (χ4n) is 3.35. The van der Waals surface area contributed by atoms with Gasteiger partial charge in [-0.15, -0.1) is 0 Å². The highest BCUT2D eigenvalue weighted by Crippen LogP contribution is 2.17. The van der Waals surface area contributed by atoms with Crippen molar-refractivity contribution in [1.82, 2.24) is 30.2 Å². The Bertz CT molecular complexity index is 754. The Kier molecular flexibility index (Phi) is 9.83. The van der Waals surface area contributed by atoms with Gasteiger partial charge in [-0.1, -0.05) is 30.3 Å². The standard InChI is InChI=1S/C23H39N7/c1-7-24-23(26-16-22(28(3)4)21-15-27-30(6)18-21)25-14-13-19(2)29(5)17-20-11-9-8-10-12-20/h8-12,15,18-19,22H,7,13-14,16-17H2,1-6H3,(H2,24,25,26). The second-order valence-electron chi connectivity index (χ2n) is 8.11. The first-order chi connectivity index (χ1) is 14.4. The number of guanidine groups is 1. The highest BCUT2D eigenvalue weighted by Gasteiger charge is 2.16. The van der Waals surface area contributed by atoms with Crippen LogP contribution in [0.4, 0.5) is 0 Å². The van der Waals surface area contributed by atoms with Crippen LogP contribution in [-0.2, 0) is 13.6 Å². The Hall–Kier alpha value is -2.38. The van der Waals surface area contributed by atoms with E-state index in [1.807, 2.05) is 17.9 Å². The molecule has 1 heterocycles. The SMILES string of the molecule is CCNC(=NCC(c1cnn(C)c1)N(C)C)NCCC(C)N(C)Cc1ccccc1. The van der Waals surface area contributed by atoms with E-state index in [1.165, 1.54) is 11.1 Å². The van der Waals surface area contributed by atoms with Crippen LogP contribution in [0.25, 0.3) is 0 Å². The highest BCUT2D eigenvalue weighted by atomic mass is 15.3. The van der Waals surface area contributed by atoms with Crippen molar-refractivity contribution in [2.75, 3.05) is 40.8 Å². The number of hydrogen-bond acceptors (Lipinski definition) is 4. The summed E-state index contributed by atoms with van der Waals surface area (Å²) in [4.78, 5) is 9.41. The molecular weight excluding hydrogens is 374 g/mol. The second-order valence-corrected chi connectivity index (χ2v) is 8.11. The van der Waals surface area contributed by atoms with Crippen molar-refractivity contribution < 1.29 is 0 Å². The molecule has 0 saturated carbocycles. The van der Waals surface area contributed by atoms with Crippen LogP contribution in [0.2, 0.25) is 0 Å². The van der Waals surface area contributed by atoms with E-state index in [-0.39, 0.29) is 6.04 Å². The molecule has 2 N–H and O–H groups in total. The second kappa shape index (κ2) is 12.3. The molecule has 2 aromatic rings. The van der Waals surface area contributed by atoms with Crippen molar-refractivity contribution in [3.8, 4) is 0 Å². The summed E-state index contributed by atoms with van der Waals surface area (Å²) in [6, 6.07) is 11.3. The zero-order chi connectivity index (χ0) is 21.9. The summed E-state index contributed by atoms with van der Waals surface area (Å²) in [6.45, 7) is 7.74. The number of aromatic nitrogens is 2.